The summed E-state index contributed by atoms with van der Waals surface area (Å²) in [4.78, 5) is 0. The summed E-state index contributed by atoms with van der Waals surface area (Å²) in [5.41, 5.74) is 2.84. The van der Waals surface area contributed by atoms with Gasteiger partial charge in [0.1, 0.15) is 0 Å². The zero-order chi connectivity index (χ0) is 9.68. The van der Waals surface area contributed by atoms with Crippen LogP contribution in [0.5, 0.6) is 0 Å². The summed E-state index contributed by atoms with van der Waals surface area (Å²) in [6.45, 7) is 2.22. The summed E-state index contributed by atoms with van der Waals surface area (Å²) >= 11 is -2.77. The normalized spacial score (nSPS) is 17.3. The van der Waals surface area contributed by atoms with E-state index in [1.165, 1.54) is 11.1 Å². The molecule has 68 valence electrons. The summed E-state index contributed by atoms with van der Waals surface area (Å²) in [5, 5.41) is 0. The summed E-state index contributed by atoms with van der Waals surface area (Å²) < 4.78 is 19.6. The van der Waals surface area contributed by atoms with Crippen molar-refractivity contribution in [2.24, 2.45) is 0 Å². The molecular formula is C10H10F2Zr. The van der Waals surface area contributed by atoms with Crippen molar-refractivity contribution in [3.63, 3.8) is 0 Å². The van der Waals surface area contributed by atoms with Crippen molar-refractivity contribution in [2.45, 2.75) is 12.8 Å². The molecule has 1 aromatic carbocycles. The molecule has 1 aromatic rings. The Hall–Kier alpha value is -0.297. The van der Waals surface area contributed by atoms with Gasteiger partial charge in [-0.25, -0.2) is 0 Å². The van der Waals surface area contributed by atoms with E-state index in [1.54, 1.807) is 0 Å². The fourth-order valence-corrected chi connectivity index (χ4v) is 1.43. The van der Waals surface area contributed by atoms with Gasteiger partial charge in [0.15, 0.2) is 0 Å². The Kier molecular flexibility index (Phi) is 4.51. The van der Waals surface area contributed by atoms with E-state index >= 15 is 0 Å². The molecule has 0 amide bonds. The molecule has 1 aliphatic rings. The van der Waals surface area contributed by atoms with E-state index in [1.807, 2.05) is 0 Å². The Balaban J connectivity index is 0.000000251. The van der Waals surface area contributed by atoms with Crippen LogP contribution in [0.1, 0.15) is 24.0 Å². The molecule has 0 N–H and O–H groups in total. The topological polar surface area (TPSA) is 0 Å². The van der Waals surface area contributed by atoms with E-state index in [0.29, 0.717) is 5.92 Å². The van der Waals surface area contributed by atoms with Gasteiger partial charge in [0.25, 0.3) is 0 Å². The Morgan fingerprint density at radius 1 is 1.23 bits per heavy atom. The molecule has 0 saturated heterocycles. The molecule has 0 aliphatic heterocycles. The average Bonchev–Trinajstić information content (AvgIpc) is 2.50. The van der Waals surface area contributed by atoms with Crippen LogP contribution in [0.4, 0.5) is 5.25 Å². The summed E-state index contributed by atoms with van der Waals surface area (Å²) in [6, 6.07) is 8.54. The van der Waals surface area contributed by atoms with Crippen molar-refractivity contribution in [3.8, 4) is 0 Å². The van der Waals surface area contributed by atoms with E-state index in [4.69, 9.17) is 0 Å². The third-order valence-corrected chi connectivity index (χ3v) is 2.05. The molecule has 0 fully saturated rings. The van der Waals surface area contributed by atoms with E-state index in [2.05, 4.69) is 43.3 Å². The monoisotopic (exact) mass is 258 g/mol. The molecule has 0 nitrogen and oxygen atoms in total. The maximum absolute atomic E-state index is 9.80. The van der Waals surface area contributed by atoms with Gasteiger partial charge in [0, 0.05) is 0 Å². The number of allylic oxidation sites excluding steroid dienone is 1. The second-order valence-electron chi connectivity index (χ2n) is 2.85. The molecule has 0 spiro atoms. The molecule has 1 unspecified atom stereocenters. The minimum atomic E-state index is -2.77. The average molecular weight is 259 g/mol. The fourth-order valence-electron chi connectivity index (χ4n) is 1.43. The van der Waals surface area contributed by atoms with Gasteiger partial charge >= 0.3 is 29.7 Å². The third kappa shape index (κ3) is 2.84. The Labute approximate surface area is 90.0 Å². The van der Waals surface area contributed by atoms with Crippen LogP contribution in [-0.2, 0) is 24.5 Å². The molecule has 0 aromatic heterocycles. The zero-order valence-electron chi connectivity index (χ0n) is 7.30. The predicted molar refractivity (Wildman–Crippen MR) is 46.1 cm³/mol. The van der Waals surface area contributed by atoms with Gasteiger partial charge in [0.2, 0.25) is 0 Å². The molecule has 0 saturated carbocycles. The number of fused-ring (bicyclic) bond motifs is 1. The molecule has 13 heavy (non-hydrogen) atoms. The van der Waals surface area contributed by atoms with Crippen LogP contribution in [-0.4, -0.2) is 0 Å². The van der Waals surface area contributed by atoms with Crippen molar-refractivity contribution in [3.05, 3.63) is 41.5 Å². The SMILES string of the molecule is CC1C=Cc2ccccc21.[F][Zr][F]. The zero-order valence-corrected chi connectivity index (χ0v) is 9.76. The Morgan fingerprint density at radius 2 is 1.85 bits per heavy atom. The Bertz CT molecular complexity index is 297. The predicted octanol–water partition coefficient (Wildman–Crippen LogP) is 3.65. The van der Waals surface area contributed by atoms with Crippen LogP contribution in [0.15, 0.2) is 30.3 Å². The van der Waals surface area contributed by atoms with E-state index in [0.717, 1.165) is 0 Å². The molecule has 0 bridgehead atoms. The minimum absolute atomic E-state index is 0.621. The number of halogens is 2. The first-order valence-corrected chi connectivity index (χ1v) is 5.88. The van der Waals surface area contributed by atoms with E-state index in [9.17, 15) is 5.25 Å². The van der Waals surface area contributed by atoms with Gasteiger partial charge in [-0.15, -0.1) is 0 Å². The molecule has 0 heterocycles. The van der Waals surface area contributed by atoms with Gasteiger partial charge in [-0.3, -0.25) is 0 Å². The number of hydrogen-bond acceptors (Lipinski definition) is 0. The van der Waals surface area contributed by atoms with Crippen molar-refractivity contribution >= 4 is 6.08 Å². The van der Waals surface area contributed by atoms with Crippen LogP contribution in [0.25, 0.3) is 6.08 Å². The fraction of sp³-hybridized carbons (Fsp3) is 0.200. The van der Waals surface area contributed by atoms with Crippen molar-refractivity contribution in [2.75, 3.05) is 0 Å². The molecule has 1 aliphatic carbocycles. The van der Waals surface area contributed by atoms with Crippen molar-refractivity contribution in [1.82, 2.24) is 0 Å². The first kappa shape index (κ1) is 10.8. The number of hydrogen-bond donors (Lipinski definition) is 0. The summed E-state index contributed by atoms with van der Waals surface area (Å²) in [7, 11) is 0. The first-order valence-electron chi connectivity index (χ1n) is 4.03. The molecule has 0 radical (unpaired) electrons. The first-order chi connectivity index (χ1) is 6.29. The third-order valence-electron chi connectivity index (χ3n) is 2.05. The molecule has 1 atom stereocenters. The van der Waals surface area contributed by atoms with Gasteiger partial charge in [-0.05, 0) is 17.0 Å². The van der Waals surface area contributed by atoms with Crippen molar-refractivity contribution in [1.29, 1.82) is 0 Å². The van der Waals surface area contributed by atoms with Gasteiger partial charge in [-0.2, -0.15) is 0 Å². The number of benzene rings is 1. The van der Waals surface area contributed by atoms with Crippen LogP contribution in [0.3, 0.4) is 0 Å². The van der Waals surface area contributed by atoms with Gasteiger partial charge < -0.3 is 0 Å². The van der Waals surface area contributed by atoms with Gasteiger partial charge in [-0.1, -0.05) is 43.3 Å². The number of rotatable bonds is 0. The van der Waals surface area contributed by atoms with Crippen LogP contribution in [0.2, 0.25) is 0 Å². The van der Waals surface area contributed by atoms with Crippen LogP contribution >= 0.6 is 0 Å². The van der Waals surface area contributed by atoms with Crippen molar-refractivity contribution < 1.29 is 29.7 Å². The van der Waals surface area contributed by atoms with E-state index < -0.39 is 24.5 Å². The van der Waals surface area contributed by atoms with Crippen LogP contribution < -0.4 is 0 Å². The molecule has 3 heteroatoms. The quantitative estimate of drug-likeness (QED) is 0.667. The summed E-state index contributed by atoms with van der Waals surface area (Å²) in [6.07, 6.45) is 4.44. The van der Waals surface area contributed by atoms with Gasteiger partial charge in [0.05, 0.1) is 0 Å². The standard InChI is InChI=1S/C10H10.2FH.Zr/c1-8-6-7-9-4-2-3-5-10(8)9;;;/h2-8H,1H3;2*1H;/q;;;+2/p-2. The maximum atomic E-state index is 9.80. The second kappa shape index (κ2) is 5.44. The Morgan fingerprint density at radius 3 is 2.46 bits per heavy atom. The molecule has 2 rings (SSSR count). The summed E-state index contributed by atoms with van der Waals surface area (Å²) in [5.74, 6) is 0.621. The molecular weight excluding hydrogens is 249 g/mol. The van der Waals surface area contributed by atoms with Crippen LogP contribution in [0, 0.1) is 0 Å². The van der Waals surface area contributed by atoms with E-state index in [-0.39, 0.29) is 0 Å². The second-order valence-corrected chi connectivity index (χ2v) is 3.20.